The first-order chi connectivity index (χ1) is 24.5. The maximum atomic E-state index is 14.3. The molecule has 1 saturated heterocycles. The molecule has 52 heavy (non-hydrogen) atoms. The number of carbonyl (C=O) groups is 5. The molecule has 2 aliphatic carbocycles. The topological polar surface area (TPSA) is 193 Å². The Kier molecular flexibility index (Phi) is 10.8. The van der Waals surface area contributed by atoms with Gasteiger partial charge in [-0.15, -0.1) is 0 Å². The van der Waals surface area contributed by atoms with E-state index in [1.54, 1.807) is 32.9 Å². The SMILES string of the molecule is CC(C)(C)OC(=O)N[C@H]1CCCCC/C=C\[C@H]2C[C@@]2(C(=O)NS(=O)(=O)NC2CC2)NC(=O)[C@@H]2C[C@@H](OC(=O)N3Cc4cccc(Cl)c4C3)CN2C1=O. The minimum absolute atomic E-state index is 0.0935. The van der Waals surface area contributed by atoms with Crippen LogP contribution in [0.5, 0.6) is 0 Å². The van der Waals surface area contributed by atoms with Crippen molar-refractivity contribution in [2.45, 2.75) is 127 Å². The van der Waals surface area contributed by atoms with E-state index in [9.17, 15) is 32.4 Å². The van der Waals surface area contributed by atoms with Gasteiger partial charge < -0.3 is 25.0 Å². The number of hydrogen-bond donors (Lipinski definition) is 4. The van der Waals surface area contributed by atoms with Crippen molar-refractivity contribution in [1.29, 1.82) is 0 Å². The first-order valence-electron chi connectivity index (χ1n) is 17.9. The number of nitrogens with one attached hydrogen (secondary N) is 4. The van der Waals surface area contributed by atoms with Gasteiger partial charge in [0, 0.05) is 29.9 Å². The first-order valence-corrected chi connectivity index (χ1v) is 19.7. The van der Waals surface area contributed by atoms with Crippen molar-refractivity contribution < 1.29 is 41.9 Å². The Hall–Kier alpha value is -3.89. The summed E-state index contributed by atoms with van der Waals surface area (Å²) in [6, 6.07) is 2.92. The Morgan fingerprint density at radius 1 is 1.06 bits per heavy atom. The lowest BCUT2D eigenvalue weighted by molar-refractivity contribution is -0.141. The lowest BCUT2D eigenvalue weighted by Gasteiger charge is -2.30. The molecule has 0 bridgehead atoms. The monoisotopic (exact) mass is 762 g/mol. The van der Waals surface area contributed by atoms with Gasteiger partial charge in [-0.2, -0.15) is 13.1 Å². The number of ether oxygens (including phenoxy) is 2. The summed E-state index contributed by atoms with van der Waals surface area (Å²) in [5, 5.41) is 6.01. The predicted octanol–water partition coefficient (Wildman–Crippen LogP) is 3.16. The van der Waals surface area contributed by atoms with Crippen LogP contribution in [0.4, 0.5) is 9.59 Å². The van der Waals surface area contributed by atoms with Crippen LogP contribution in [0.1, 0.15) is 89.7 Å². The highest BCUT2D eigenvalue weighted by Crippen LogP contribution is 2.46. The van der Waals surface area contributed by atoms with E-state index in [-0.39, 0.29) is 44.9 Å². The standard InChI is InChI=1S/C35H47ClN6O9S/c1-34(2,3)51-32(46)37-27-13-8-6-4-5-7-11-22-17-35(22,31(45)40-52(48,49)39-23-14-15-23)38-29(43)28-16-24(19-42(28)30(27)44)50-33(47)41-18-21-10-9-12-26(36)25(21)20-41/h7,9-12,22-24,27-28,39H,4-6,8,13-20H2,1-3H3,(H,37,46)(H,38,43)(H,40,45)/b11-7-/t22-,24+,27-,28-,35+/m0/s1. The largest absolute Gasteiger partial charge is 0.444 e. The number of benzene rings is 1. The van der Waals surface area contributed by atoms with Gasteiger partial charge in [0.1, 0.15) is 29.3 Å². The van der Waals surface area contributed by atoms with Gasteiger partial charge in [0.15, 0.2) is 0 Å². The molecule has 2 saturated carbocycles. The average molecular weight is 763 g/mol. The predicted molar refractivity (Wildman–Crippen MR) is 189 cm³/mol. The van der Waals surface area contributed by atoms with Crippen molar-refractivity contribution in [2.24, 2.45) is 5.92 Å². The zero-order chi connectivity index (χ0) is 37.4. The molecular formula is C35H47ClN6O9S. The van der Waals surface area contributed by atoms with Crippen molar-refractivity contribution in [2.75, 3.05) is 6.54 Å². The highest BCUT2D eigenvalue weighted by atomic mass is 35.5. The number of hydrogen-bond acceptors (Lipinski definition) is 9. The molecule has 17 heteroatoms. The van der Waals surface area contributed by atoms with Gasteiger partial charge in [0.25, 0.3) is 5.91 Å². The van der Waals surface area contributed by atoms with Gasteiger partial charge in [-0.25, -0.2) is 14.3 Å². The summed E-state index contributed by atoms with van der Waals surface area (Å²) in [6.45, 7) is 5.47. The molecule has 3 fully saturated rings. The van der Waals surface area contributed by atoms with Crippen LogP contribution in [0.25, 0.3) is 0 Å². The zero-order valence-corrected chi connectivity index (χ0v) is 31.2. The summed E-state index contributed by atoms with van der Waals surface area (Å²) in [7, 11) is -4.18. The van der Waals surface area contributed by atoms with Crippen LogP contribution >= 0.6 is 11.6 Å². The summed E-state index contributed by atoms with van der Waals surface area (Å²) >= 11 is 6.35. The van der Waals surface area contributed by atoms with Crippen LogP contribution in [-0.2, 0) is 47.2 Å². The van der Waals surface area contributed by atoms with E-state index in [0.717, 1.165) is 24.0 Å². The Bertz CT molecular complexity index is 1750. The smallest absolute Gasteiger partial charge is 0.410 e. The van der Waals surface area contributed by atoms with E-state index in [1.165, 1.54) is 9.80 Å². The van der Waals surface area contributed by atoms with E-state index < -0.39 is 75.4 Å². The third kappa shape index (κ3) is 9.00. The van der Waals surface area contributed by atoms with E-state index in [1.807, 2.05) is 18.2 Å². The number of rotatable bonds is 6. The molecule has 3 heterocycles. The number of nitrogens with zero attached hydrogens (tertiary/aromatic N) is 2. The Morgan fingerprint density at radius 3 is 2.54 bits per heavy atom. The van der Waals surface area contributed by atoms with Gasteiger partial charge in [0.05, 0.1) is 13.1 Å². The minimum Gasteiger partial charge on any atom is -0.444 e. The summed E-state index contributed by atoms with van der Waals surface area (Å²) in [5.74, 6) is -2.65. The third-order valence-corrected chi connectivity index (χ3v) is 11.4. The van der Waals surface area contributed by atoms with Gasteiger partial charge >= 0.3 is 22.4 Å². The van der Waals surface area contributed by atoms with Crippen LogP contribution in [0.3, 0.4) is 0 Å². The number of fused-ring (bicyclic) bond motifs is 3. The van der Waals surface area contributed by atoms with Crippen molar-refractivity contribution in [1.82, 2.24) is 29.9 Å². The Labute approximate surface area is 308 Å². The lowest BCUT2D eigenvalue weighted by Crippen LogP contribution is -2.59. The molecule has 0 radical (unpaired) electrons. The van der Waals surface area contributed by atoms with Crippen LogP contribution in [0, 0.1) is 5.92 Å². The highest BCUT2D eigenvalue weighted by molar-refractivity contribution is 7.88. The highest BCUT2D eigenvalue weighted by Gasteiger charge is 2.62. The van der Waals surface area contributed by atoms with Crippen LogP contribution < -0.4 is 20.1 Å². The molecule has 284 valence electrons. The summed E-state index contributed by atoms with van der Waals surface area (Å²) in [6.07, 6.45) is 5.79. The summed E-state index contributed by atoms with van der Waals surface area (Å²) in [5.41, 5.74) is -0.702. The summed E-state index contributed by atoms with van der Waals surface area (Å²) < 4.78 is 41.3. The van der Waals surface area contributed by atoms with E-state index in [4.69, 9.17) is 21.1 Å². The average Bonchev–Trinajstić information content (AvgIpc) is 3.88. The molecule has 5 aliphatic rings. The molecule has 1 aromatic carbocycles. The van der Waals surface area contributed by atoms with Crippen LogP contribution in [0.15, 0.2) is 30.4 Å². The fourth-order valence-electron chi connectivity index (χ4n) is 7.01. The second-order valence-electron chi connectivity index (χ2n) is 15.3. The molecule has 4 N–H and O–H groups in total. The molecule has 0 unspecified atom stereocenters. The van der Waals surface area contributed by atoms with Crippen LogP contribution in [0.2, 0.25) is 5.02 Å². The van der Waals surface area contributed by atoms with Crippen LogP contribution in [-0.4, -0.2) is 90.0 Å². The zero-order valence-electron chi connectivity index (χ0n) is 29.6. The fourth-order valence-corrected chi connectivity index (χ4v) is 8.42. The molecule has 5 atom stereocenters. The van der Waals surface area contributed by atoms with Gasteiger partial charge in [-0.1, -0.05) is 48.7 Å². The maximum Gasteiger partial charge on any atom is 0.410 e. The van der Waals surface area contributed by atoms with Crippen molar-refractivity contribution in [3.63, 3.8) is 0 Å². The van der Waals surface area contributed by atoms with E-state index in [0.29, 0.717) is 30.7 Å². The Balaban J connectivity index is 1.24. The van der Waals surface area contributed by atoms with Crippen molar-refractivity contribution in [3.05, 3.63) is 46.5 Å². The summed E-state index contributed by atoms with van der Waals surface area (Å²) in [4.78, 5) is 71.2. The molecule has 0 aromatic heterocycles. The Morgan fingerprint density at radius 2 is 1.83 bits per heavy atom. The molecule has 6 rings (SSSR count). The fraction of sp³-hybridized carbons (Fsp3) is 0.629. The third-order valence-electron chi connectivity index (χ3n) is 9.91. The molecule has 5 amide bonds. The molecule has 1 aromatic rings. The molecule has 0 spiro atoms. The van der Waals surface area contributed by atoms with Gasteiger partial charge in [0.2, 0.25) is 11.8 Å². The number of carbonyl (C=O) groups excluding carboxylic acids is 5. The number of amides is 5. The normalized spacial score (nSPS) is 28.6. The van der Waals surface area contributed by atoms with Crippen molar-refractivity contribution >= 4 is 51.7 Å². The maximum absolute atomic E-state index is 14.3. The first kappa shape index (κ1) is 37.9. The molecule has 15 nitrogen and oxygen atoms in total. The second-order valence-corrected chi connectivity index (χ2v) is 17.2. The van der Waals surface area contributed by atoms with Gasteiger partial charge in [-0.3, -0.25) is 19.3 Å². The second kappa shape index (κ2) is 14.9. The minimum atomic E-state index is -4.18. The lowest BCUT2D eigenvalue weighted by atomic mass is 10.0. The number of alkyl carbamates (subject to hydrolysis) is 1. The molecule has 3 aliphatic heterocycles. The number of halogens is 1. The quantitative estimate of drug-likeness (QED) is 0.315. The molecular weight excluding hydrogens is 716 g/mol. The van der Waals surface area contributed by atoms with E-state index >= 15 is 0 Å². The number of allylic oxidation sites excluding steroid dienone is 1. The van der Waals surface area contributed by atoms with Gasteiger partial charge in [-0.05, 0) is 76.5 Å². The van der Waals surface area contributed by atoms with Crippen molar-refractivity contribution in [3.8, 4) is 0 Å². The van der Waals surface area contributed by atoms with E-state index in [2.05, 4.69) is 20.1 Å².